The van der Waals surface area contributed by atoms with Crippen molar-refractivity contribution in [2.45, 2.75) is 5.88 Å². The molecule has 0 bridgehead atoms. The van der Waals surface area contributed by atoms with Crippen molar-refractivity contribution in [1.82, 2.24) is 0 Å². The summed E-state index contributed by atoms with van der Waals surface area (Å²) in [5, 5.41) is 0.117. The van der Waals surface area contributed by atoms with Crippen LogP contribution in [0.3, 0.4) is 0 Å². The van der Waals surface area contributed by atoms with Gasteiger partial charge in [0.25, 0.3) is 0 Å². The van der Waals surface area contributed by atoms with Crippen LogP contribution < -0.4 is 4.74 Å². The zero-order chi connectivity index (χ0) is 13.1. The fourth-order valence-electron chi connectivity index (χ4n) is 1.44. The Morgan fingerprint density at radius 2 is 1.78 bits per heavy atom. The van der Waals surface area contributed by atoms with Crippen molar-refractivity contribution in [3.63, 3.8) is 0 Å². The number of hydrogen-bond acceptors (Lipinski definition) is 1. The third kappa shape index (κ3) is 3.12. The standard InChI is InChI=1S/C13H8Cl2F2O/c14-7-8-3-10(17)5-11(4-8)18-13-2-1-9(16)6-12(13)15/h1-6H,7H2. The maximum absolute atomic E-state index is 13.3. The molecular weight excluding hydrogens is 281 g/mol. The first-order valence-corrected chi connectivity index (χ1v) is 5.98. The van der Waals surface area contributed by atoms with Crippen molar-refractivity contribution in [1.29, 1.82) is 0 Å². The highest BCUT2D eigenvalue weighted by Crippen LogP contribution is 2.30. The fraction of sp³-hybridized carbons (Fsp3) is 0.0769. The second-order valence-corrected chi connectivity index (χ2v) is 4.28. The van der Waals surface area contributed by atoms with Crippen molar-refractivity contribution < 1.29 is 13.5 Å². The van der Waals surface area contributed by atoms with E-state index in [-0.39, 0.29) is 22.4 Å². The molecule has 0 spiro atoms. The largest absolute Gasteiger partial charge is 0.456 e. The summed E-state index contributed by atoms with van der Waals surface area (Å²) in [4.78, 5) is 0. The van der Waals surface area contributed by atoms with Crippen molar-refractivity contribution >= 4 is 23.2 Å². The maximum Gasteiger partial charge on any atom is 0.146 e. The van der Waals surface area contributed by atoms with Crippen LogP contribution in [-0.4, -0.2) is 0 Å². The summed E-state index contributed by atoms with van der Waals surface area (Å²) in [7, 11) is 0. The molecule has 0 aromatic heterocycles. The van der Waals surface area contributed by atoms with Gasteiger partial charge >= 0.3 is 0 Å². The first-order valence-electron chi connectivity index (χ1n) is 5.07. The van der Waals surface area contributed by atoms with Gasteiger partial charge < -0.3 is 4.74 Å². The zero-order valence-electron chi connectivity index (χ0n) is 9.09. The van der Waals surface area contributed by atoms with E-state index in [1.54, 1.807) is 6.07 Å². The average molecular weight is 289 g/mol. The second-order valence-electron chi connectivity index (χ2n) is 3.61. The number of alkyl halides is 1. The van der Waals surface area contributed by atoms with Gasteiger partial charge in [-0.25, -0.2) is 8.78 Å². The molecular formula is C13H8Cl2F2O. The quantitative estimate of drug-likeness (QED) is 0.710. The van der Waals surface area contributed by atoms with E-state index in [1.165, 1.54) is 24.3 Å². The number of rotatable bonds is 3. The van der Waals surface area contributed by atoms with Gasteiger partial charge in [0.15, 0.2) is 0 Å². The minimum Gasteiger partial charge on any atom is -0.456 e. The third-order valence-electron chi connectivity index (χ3n) is 2.21. The lowest BCUT2D eigenvalue weighted by Gasteiger charge is -2.08. The van der Waals surface area contributed by atoms with E-state index in [9.17, 15) is 8.78 Å². The number of halogens is 4. The van der Waals surface area contributed by atoms with Gasteiger partial charge in [0, 0.05) is 11.9 Å². The Balaban J connectivity index is 2.30. The normalized spacial score (nSPS) is 10.4. The molecule has 0 amide bonds. The minimum absolute atomic E-state index is 0.117. The Hall–Kier alpha value is -1.32. The van der Waals surface area contributed by atoms with Gasteiger partial charge in [0.2, 0.25) is 0 Å². The molecule has 0 saturated heterocycles. The Morgan fingerprint density at radius 3 is 2.44 bits per heavy atom. The van der Waals surface area contributed by atoms with Crippen molar-refractivity contribution in [3.8, 4) is 11.5 Å². The molecule has 0 heterocycles. The molecule has 0 atom stereocenters. The van der Waals surface area contributed by atoms with E-state index in [0.717, 1.165) is 6.07 Å². The van der Waals surface area contributed by atoms with E-state index in [2.05, 4.69) is 0 Å². The molecule has 18 heavy (non-hydrogen) atoms. The molecule has 0 saturated carbocycles. The van der Waals surface area contributed by atoms with Gasteiger partial charge in [0.05, 0.1) is 5.02 Å². The summed E-state index contributed by atoms with van der Waals surface area (Å²) in [6.07, 6.45) is 0. The molecule has 0 unspecified atom stereocenters. The summed E-state index contributed by atoms with van der Waals surface area (Å²) in [6.45, 7) is 0. The van der Waals surface area contributed by atoms with Crippen LogP contribution in [-0.2, 0) is 5.88 Å². The fourth-order valence-corrected chi connectivity index (χ4v) is 1.80. The van der Waals surface area contributed by atoms with Crippen molar-refractivity contribution in [2.24, 2.45) is 0 Å². The molecule has 0 radical (unpaired) electrons. The SMILES string of the molecule is Fc1cc(CCl)cc(Oc2ccc(F)cc2Cl)c1. The average Bonchev–Trinajstić information content (AvgIpc) is 2.32. The zero-order valence-corrected chi connectivity index (χ0v) is 10.6. The van der Waals surface area contributed by atoms with Gasteiger partial charge in [0.1, 0.15) is 23.1 Å². The molecule has 94 valence electrons. The Labute approximate surface area is 113 Å². The van der Waals surface area contributed by atoms with Crippen LogP contribution in [0.2, 0.25) is 5.02 Å². The lowest BCUT2D eigenvalue weighted by atomic mass is 10.2. The van der Waals surface area contributed by atoms with Gasteiger partial charge in [-0.2, -0.15) is 0 Å². The number of benzene rings is 2. The first-order chi connectivity index (χ1) is 8.58. The van der Waals surface area contributed by atoms with Crippen LogP contribution in [0, 0.1) is 11.6 Å². The van der Waals surface area contributed by atoms with Crippen molar-refractivity contribution in [3.05, 3.63) is 58.6 Å². The van der Waals surface area contributed by atoms with Crippen LogP contribution in [0.15, 0.2) is 36.4 Å². The predicted molar refractivity (Wildman–Crippen MR) is 67.4 cm³/mol. The van der Waals surface area contributed by atoms with E-state index in [0.29, 0.717) is 5.56 Å². The molecule has 0 N–H and O–H groups in total. The topological polar surface area (TPSA) is 9.23 Å². The predicted octanol–water partition coefficient (Wildman–Crippen LogP) is 5.15. The van der Waals surface area contributed by atoms with Crippen LogP contribution in [0.5, 0.6) is 11.5 Å². The van der Waals surface area contributed by atoms with Crippen molar-refractivity contribution in [2.75, 3.05) is 0 Å². The molecule has 5 heteroatoms. The number of ether oxygens (including phenoxy) is 1. The first kappa shape index (κ1) is 13.1. The number of hydrogen-bond donors (Lipinski definition) is 0. The van der Waals surface area contributed by atoms with E-state index in [4.69, 9.17) is 27.9 Å². The summed E-state index contributed by atoms with van der Waals surface area (Å²) < 4.78 is 31.5. The van der Waals surface area contributed by atoms with Crippen LogP contribution in [0.25, 0.3) is 0 Å². The highest BCUT2D eigenvalue weighted by Gasteiger charge is 2.07. The molecule has 2 aromatic carbocycles. The Kier molecular flexibility index (Phi) is 4.04. The Bertz CT molecular complexity index is 573. The lowest BCUT2D eigenvalue weighted by molar-refractivity contribution is 0.474. The van der Waals surface area contributed by atoms with Gasteiger partial charge in [-0.1, -0.05) is 11.6 Å². The molecule has 0 aliphatic carbocycles. The smallest absolute Gasteiger partial charge is 0.146 e. The summed E-state index contributed by atoms with van der Waals surface area (Å²) in [5.74, 6) is -0.233. The lowest BCUT2D eigenvalue weighted by Crippen LogP contribution is -1.89. The monoisotopic (exact) mass is 288 g/mol. The maximum atomic E-state index is 13.3. The third-order valence-corrected chi connectivity index (χ3v) is 2.81. The molecule has 2 aromatic rings. The minimum atomic E-state index is -0.465. The van der Waals surface area contributed by atoms with Gasteiger partial charge in [-0.15, -0.1) is 11.6 Å². The molecule has 0 fully saturated rings. The van der Waals surface area contributed by atoms with E-state index >= 15 is 0 Å². The second kappa shape index (κ2) is 5.55. The molecule has 0 aliphatic heterocycles. The highest BCUT2D eigenvalue weighted by molar-refractivity contribution is 6.32. The van der Waals surface area contributed by atoms with Crippen LogP contribution in [0.1, 0.15) is 5.56 Å². The summed E-state index contributed by atoms with van der Waals surface area (Å²) in [5.41, 5.74) is 0.588. The highest BCUT2D eigenvalue weighted by atomic mass is 35.5. The van der Waals surface area contributed by atoms with Gasteiger partial charge in [-0.3, -0.25) is 0 Å². The molecule has 2 rings (SSSR count). The summed E-state index contributed by atoms with van der Waals surface area (Å²) >= 11 is 11.4. The van der Waals surface area contributed by atoms with E-state index in [1.807, 2.05) is 0 Å². The molecule has 0 aliphatic rings. The van der Waals surface area contributed by atoms with Crippen LogP contribution >= 0.6 is 23.2 Å². The Morgan fingerprint density at radius 1 is 1.00 bits per heavy atom. The summed E-state index contributed by atoms with van der Waals surface area (Å²) in [6, 6.07) is 7.82. The molecule has 1 nitrogen and oxygen atoms in total. The van der Waals surface area contributed by atoms with Crippen LogP contribution in [0.4, 0.5) is 8.78 Å². The van der Waals surface area contributed by atoms with Gasteiger partial charge in [-0.05, 0) is 35.9 Å². The van der Waals surface area contributed by atoms with E-state index < -0.39 is 11.6 Å².